The van der Waals surface area contributed by atoms with Crippen LogP contribution in [0.4, 0.5) is 5.82 Å². The summed E-state index contributed by atoms with van der Waals surface area (Å²) < 4.78 is 0. The molecule has 2 aromatic heterocycles. The summed E-state index contributed by atoms with van der Waals surface area (Å²) in [5, 5.41) is 13.0. The van der Waals surface area contributed by atoms with Crippen LogP contribution >= 0.6 is 11.3 Å². The first-order valence-corrected chi connectivity index (χ1v) is 12.8. The van der Waals surface area contributed by atoms with E-state index in [0.717, 1.165) is 64.1 Å². The largest absolute Gasteiger partial charge is 0.355 e. The first-order chi connectivity index (χ1) is 17.1. The fraction of sp³-hybridized carbons (Fsp3) is 0.286. The quantitative estimate of drug-likeness (QED) is 0.397. The molecule has 6 nitrogen and oxygen atoms in total. The van der Waals surface area contributed by atoms with Gasteiger partial charge in [0.15, 0.2) is 5.82 Å². The molecule has 2 aromatic carbocycles. The Kier molecular flexibility index (Phi) is 6.86. The van der Waals surface area contributed by atoms with Crippen molar-refractivity contribution in [3.05, 3.63) is 82.9 Å². The summed E-state index contributed by atoms with van der Waals surface area (Å²) in [6, 6.07) is 22.4. The first kappa shape index (κ1) is 23.2. The Labute approximate surface area is 210 Å². The van der Waals surface area contributed by atoms with E-state index >= 15 is 0 Å². The molecule has 0 atom stereocenters. The van der Waals surface area contributed by atoms with Crippen molar-refractivity contribution in [2.45, 2.75) is 33.2 Å². The SMILES string of the molecule is Cc1ccccc1-c1nc(C)c(CNC(=O)C2CCN(c3ccc(-c4ccccc4)nn3)CC2)s1. The highest BCUT2D eigenvalue weighted by Gasteiger charge is 2.26. The molecule has 7 heteroatoms. The molecule has 1 N–H and O–H groups in total. The minimum atomic E-state index is 0.0202. The lowest BCUT2D eigenvalue weighted by molar-refractivity contribution is -0.125. The molecule has 0 saturated carbocycles. The summed E-state index contributed by atoms with van der Waals surface area (Å²) in [6.07, 6.45) is 1.62. The van der Waals surface area contributed by atoms with Gasteiger partial charge >= 0.3 is 0 Å². The molecule has 178 valence electrons. The van der Waals surface area contributed by atoms with Crippen LogP contribution in [-0.2, 0) is 11.3 Å². The number of rotatable bonds is 6. The van der Waals surface area contributed by atoms with Crippen LogP contribution in [0, 0.1) is 19.8 Å². The normalized spacial score (nSPS) is 14.2. The smallest absolute Gasteiger partial charge is 0.223 e. The van der Waals surface area contributed by atoms with Crippen LogP contribution in [-0.4, -0.2) is 34.2 Å². The van der Waals surface area contributed by atoms with Crippen molar-refractivity contribution >= 4 is 23.1 Å². The number of hydrogen-bond donors (Lipinski definition) is 1. The van der Waals surface area contributed by atoms with Crippen molar-refractivity contribution in [3.8, 4) is 21.8 Å². The van der Waals surface area contributed by atoms with Crippen molar-refractivity contribution in [2.24, 2.45) is 5.92 Å². The van der Waals surface area contributed by atoms with E-state index < -0.39 is 0 Å². The molecule has 5 rings (SSSR count). The number of aryl methyl sites for hydroxylation is 2. The molecule has 0 spiro atoms. The molecule has 0 bridgehead atoms. The van der Waals surface area contributed by atoms with E-state index in [0.29, 0.717) is 6.54 Å². The standard InChI is InChI=1S/C28H29N5OS/c1-19-8-6-7-11-23(19)28-30-20(2)25(35-28)18-29-27(34)22-14-16-33(17-15-22)26-13-12-24(31-32-26)21-9-4-3-5-10-21/h3-13,22H,14-18H2,1-2H3,(H,29,34). The number of carbonyl (C=O) groups is 1. The maximum Gasteiger partial charge on any atom is 0.223 e. The molecule has 0 radical (unpaired) electrons. The number of nitrogens with zero attached hydrogens (tertiary/aromatic N) is 4. The molecule has 1 aliphatic rings. The van der Waals surface area contributed by atoms with E-state index in [9.17, 15) is 4.79 Å². The molecule has 1 fully saturated rings. The van der Waals surface area contributed by atoms with Gasteiger partial charge in [0, 0.05) is 35.0 Å². The Morgan fingerprint density at radius 1 is 0.971 bits per heavy atom. The zero-order valence-electron chi connectivity index (χ0n) is 20.1. The number of benzene rings is 2. The van der Waals surface area contributed by atoms with E-state index in [1.54, 1.807) is 11.3 Å². The average molecular weight is 484 g/mol. The maximum atomic E-state index is 12.9. The van der Waals surface area contributed by atoms with Gasteiger partial charge in [-0.1, -0.05) is 54.6 Å². The van der Waals surface area contributed by atoms with Gasteiger partial charge in [0.05, 0.1) is 17.9 Å². The van der Waals surface area contributed by atoms with Crippen molar-refractivity contribution in [3.63, 3.8) is 0 Å². The van der Waals surface area contributed by atoms with Gasteiger partial charge in [-0.3, -0.25) is 4.79 Å². The molecule has 35 heavy (non-hydrogen) atoms. The van der Waals surface area contributed by atoms with Gasteiger partial charge < -0.3 is 10.2 Å². The van der Waals surface area contributed by atoms with Gasteiger partial charge in [-0.05, 0) is 44.4 Å². The number of thiazole rings is 1. The molecular formula is C28H29N5OS. The van der Waals surface area contributed by atoms with Gasteiger partial charge in [-0.2, -0.15) is 0 Å². The fourth-order valence-electron chi connectivity index (χ4n) is 4.46. The predicted molar refractivity (Wildman–Crippen MR) is 141 cm³/mol. The molecule has 1 saturated heterocycles. The molecule has 4 aromatic rings. The summed E-state index contributed by atoms with van der Waals surface area (Å²) in [6.45, 7) is 6.25. The van der Waals surface area contributed by atoms with Gasteiger partial charge in [-0.25, -0.2) is 4.98 Å². The number of amides is 1. The van der Waals surface area contributed by atoms with Gasteiger partial charge in [0.2, 0.25) is 5.91 Å². The minimum absolute atomic E-state index is 0.0202. The molecule has 0 aliphatic carbocycles. The molecule has 3 heterocycles. The highest BCUT2D eigenvalue weighted by molar-refractivity contribution is 7.15. The van der Waals surface area contributed by atoms with Gasteiger partial charge in [0.1, 0.15) is 5.01 Å². The van der Waals surface area contributed by atoms with E-state index in [-0.39, 0.29) is 11.8 Å². The topological polar surface area (TPSA) is 71.0 Å². The number of anilines is 1. The first-order valence-electron chi connectivity index (χ1n) is 12.0. The Hall–Kier alpha value is -3.58. The van der Waals surface area contributed by atoms with Crippen LogP contribution in [0.2, 0.25) is 0 Å². The molecule has 0 unspecified atom stereocenters. The predicted octanol–water partition coefficient (Wildman–Crippen LogP) is 5.42. The van der Waals surface area contributed by atoms with Crippen molar-refractivity contribution in [1.29, 1.82) is 0 Å². The van der Waals surface area contributed by atoms with Crippen LogP contribution in [0.15, 0.2) is 66.7 Å². The Morgan fingerprint density at radius 3 is 2.43 bits per heavy atom. The summed E-state index contributed by atoms with van der Waals surface area (Å²) in [7, 11) is 0. The van der Waals surface area contributed by atoms with Crippen LogP contribution in [0.1, 0.15) is 29.0 Å². The summed E-state index contributed by atoms with van der Waals surface area (Å²) >= 11 is 1.66. The van der Waals surface area contributed by atoms with Crippen molar-refractivity contribution in [1.82, 2.24) is 20.5 Å². The lowest BCUT2D eigenvalue weighted by atomic mass is 9.96. The van der Waals surface area contributed by atoms with E-state index in [1.807, 2.05) is 61.5 Å². The van der Waals surface area contributed by atoms with E-state index in [1.165, 1.54) is 5.56 Å². The molecule has 1 aliphatic heterocycles. The third-order valence-electron chi connectivity index (χ3n) is 6.60. The zero-order valence-corrected chi connectivity index (χ0v) is 20.9. The number of piperidine rings is 1. The average Bonchev–Trinajstić information content (AvgIpc) is 3.28. The Balaban J connectivity index is 1.14. The second kappa shape index (κ2) is 10.4. The summed E-state index contributed by atoms with van der Waals surface area (Å²) in [5.41, 5.74) is 5.28. The van der Waals surface area contributed by atoms with E-state index in [2.05, 4.69) is 39.5 Å². The summed E-state index contributed by atoms with van der Waals surface area (Å²) in [5.74, 6) is 1.01. The third-order valence-corrected chi connectivity index (χ3v) is 7.79. The van der Waals surface area contributed by atoms with Crippen molar-refractivity contribution in [2.75, 3.05) is 18.0 Å². The van der Waals surface area contributed by atoms with Crippen LogP contribution in [0.25, 0.3) is 21.8 Å². The fourth-order valence-corrected chi connectivity index (χ4v) is 5.55. The Morgan fingerprint density at radius 2 is 1.71 bits per heavy atom. The van der Waals surface area contributed by atoms with Crippen LogP contribution < -0.4 is 10.2 Å². The highest BCUT2D eigenvalue weighted by Crippen LogP contribution is 2.30. The summed E-state index contributed by atoms with van der Waals surface area (Å²) in [4.78, 5) is 21.0. The number of hydrogen-bond acceptors (Lipinski definition) is 6. The monoisotopic (exact) mass is 483 g/mol. The minimum Gasteiger partial charge on any atom is -0.355 e. The van der Waals surface area contributed by atoms with Gasteiger partial charge in [-0.15, -0.1) is 21.5 Å². The second-order valence-electron chi connectivity index (χ2n) is 8.96. The lowest BCUT2D eigenvalue weighted by Crippen LogP contribution is -2.40. The molecular weight excluding hydrogens is 454 g/mol. The van der Waals surface area contributed by atoms with Crippen molar-refractivity contribution < 1.29 is 4.79 Å². The number of carbonyl (C=O) groups excluding carboxylic acids is 1. The second-order valence-corrected chi connectivity index (χ2v) is 10.0. The molecule has 1 amide bonds. The van der Waals surface area contributed by atoms with E-state index in [4.69, 9.17) is 4.98 Å². The third kappa shape index (κ3) is 5.25. The number of nitrogens with one attached hydrogen (secondary N) is 1. The van der Waals surface area contributed by atoms with Gasteiger partial charge in [0.25, 0.3) is 0 Å². The number of aromatic nitrogens is 3. The zero-order chi connectivity index (χ0) is 24.2. The van der Waals surface area contributed by atoms with Crippen LogP contribution in [0.3, 0.4) is 0 Å². The lowest BCUT2D eigenvalue weighted by Gasteiger charge is -2.31. The Bertz CT molecular complexity index is 1290. The van der Waals surface area contributed by atoms with Crippen LogP contribution in [0.5, 0.6) is 0 Å². The maximum absolute atomic E-state index is 12.9. The highest BCUT2D eigenvalue weighted by atomic mass is 32.1.